The lowest BCUT2D eigenvalue weighted by atomic mass is 10.1. The van der Waals surface area contributed by atoms with Crippen LogP contribution in [0.5, 0.6) is 5.75 Å². The number of likely N-dealkylation sites (tertiary alicyclic amines) is 1. The van der Waals surface area contributed by atoms with Gasteiger partial charge >= 0.3 is 0 Å². The molecule has 0 bridgehead atoms. The number of rotatable bonds is 5. The molecule has 1 aliphatic rings. The second-order valence-electron chi connectivity index (χ2n) is 7.15. The maximum atomic E-state index is 6.25. The number of hydrogen-bond acceptors (Lipinski definition) is 3. The summed E-state index contributed by atoms with van der Waals surface area (Å²) in [6.07, 6.45) is 7.31. The van der Waals surface area contributed by atoms with Gasteiger partial charge in [-0.1, -0.05) is 31.2 Å². The van der Waals surface area contributed by atoms with E-state index in [0.29, 0.717) is 6.10 Å². The van der Waals surface area contributed by atoms with Crippen LogP contribution in [0, 0.1) is 0 Å². The fraction of sp³-hybridized carbons (Fsp3) is 0.348. The zero-order valence-electron chi connectivity index (χ0n) is 15.4. The number of piperidine rings is 1. The van der Waals surface area contributed by atoms with Gasteiger partial charge in [-0.3, -0.25) is 9.88 Å². The molecule has 2 aromatic carbocycles. The molecule has 134 valence electrons. The van der Waals surface area contributed by atoms with Crippen molar-refractivity contribution in [2.75, 3.05) is 13.1 Å². The van der Waals surface area contributed by atoms with E-state index in [-0.39, 0.29) is 0 Å². The Balaban J connectivity index is 1.31. The van der Waals surface area contributed by atoms with Gasteiger partial charge in [0.15, 0.2) is 0 Å². The SMILES string of the molecule is CCc1ccc(CN2CCC(Oc3ccc4cnccc4c3)CC2)cc1. The number of benzene rings is 2. The highest BCUT2D eigenvalue weighted by Gasteiger charge is 2.20. The summed E-state index contributed by atoms with van der Waals surface area (Å²) in [5.41, 5.74) is 2.82. The highest BCUT2D eigenvalue weighted by molar-refractivity contribution is 5.82. The summed E-state index contributed by atoms with van der Waals surface area (Å²) < 4.78 is 6.25. The Morgan fingerprint density at radius 1 is 0.962 bits per heavy atom. The van der Waals surface area contributed by atoms with Gasteiger partial charge in [-0.15, -0.1) is 0 Å². The van der Waals surface area contributed by atoms with E-state index < -0.39 is 0 Å². The van der Waals surface area contributed by atoms with Crippen LogP contribution < -0.4 is 4.74 Å². The molecule has 0 amide bonds. The largest absolute Gasteiger partial charge is 0.490 e. The van der Waals surface area contributed by atoms with E-state index in [9.17, 15) is 0 Å². The third kappa shape index (κ3) is 4.05. The predicted octanol–water partition coefficient (Wildman–Crippen LogP) is 4.84. The molecule has 4 rings (SSSR count). The molecule has 3 nitrogen and oxygen atoms in total. The van der Waals surface area contributed by atoms with Gasteiger partial charge in [0, 0.05) is 37.4 Å². The second kappa shape index (κ2) is 7.88. The summed E-state index contributed by atoms with van der Waals surface area (Å²) in [4.78, 5) is 6.70. The summed E-state index contributed by atoms with van der Waals surface area (Å²) >= 11 is 0. The lowest BCUT2D eigenvalue weighted by Gasteiger charge is -2.32. The smallest absolute Gasteiger partial charge is 0.120 e. The van der Waals surface area contributed by atoms with Crippen molar-refractivity contribution in [3.8, 4) is 5.75 Å². The standard InChI is InChI=1S/C23H26N2O/c1-2-18-3-5-19(6-4-18)17-25-13-10-22(11-14-25)26-23-8-7-21-16-24-12-9-20(21)15-23/h3-9,12,15-16,22H,2,10-11,13-14,17H2,1H3. The monoisotopic (exact) mass is 346 g/mol. The van der Waals surface area contributed by atoms with E-state index in [1.54, 1.807) is 0 Å². The van der Waals surface area contributed by atoms with Gasteiger partial charge in [0.2, 0.25) is 0 Å². The quantitative estimate of drug-likeness (QED) is 0.661. The molecular formula is C23H26N2O. The van der Waals surface area contributed by atoms with Crippen LogP contribution in [-0.4, -0.2) is 29.1 Å². The second-order valence-corrected chi connectivity index (χ2v) is 7.15. The Morgan fingerprint density at radius 2 is 1.73 bits per heavy atom. The zero-order valence-corrected chi connectivity index (χ0v) is 15.4. The van der Waals surface area contributed by atoms with Crippen LogP contribution in [0.4, 0.5) is 0 Å². The van der Waals surface area contributed by atoms with E-state index in [4.69, 9.17) is 4.74 Å². The molecule has 26 heavy (non-hydrogen) atoms. The van der Waals surface area contributed by atoms with Crippen molar-refractivity contribution >= 4 is 10.8 Å². The summed E-state index contributed by atoms with van der Waals surface area (Å²) in [7, 11) is 0. The average molecular weight is 346 g/mol. The van der Waals surface area contributed by atoms with Crippen LogP contribution in [0.1, 0.15) is 30.9 Å². The van der Waals surface area contributed by atoms with Crippen LogP contribution in [-0.2, 0) is 13.0 Å². The van der Waals surface area contributed by atoms with Crippen molar-refractivity contribution in [1.82, 2.24) is 9.88 Å². The Labute approximate surface area is 155 Å². The van der Waals surface area contributed by atoms with Crippen molar-refractivity contribution in [3.05, 3.63) is 72.1 Å². The number of pyridine rings is 1. The minimum Gasteiger partial charge on any atom is -0.490 e. The average Bonchev–Trinajstić information content (AvgIpc) is 2.70. The van der Waals surface area contributed by atoms with Crippen LogP contribution in [0.15, 0.2) is 60.9 Å². The number of ether oxygens (including phenoxy) is 1. The Hall–Kier alpha value is -2.39. The van der Waals surface area contributed by atoms with Gasteiger partial charge in [0.25, 0.3) is 0 Å². The molecule has 3 aromatic rings. The molecule has 1 aliphatic heterocycles. The fourth-order valence-corrected chi connectivity index (χ4v) is 3.65. The highest BCUT2D eigenvalue weighted by Crippen LogP contribution is 2.24. The van der Waals surface area contributed by atoms with E-state index in [0.717, 1.165) is 50.0 Å². The number of hydrogen-bond donors (Lipinski definition) is 0. The van der Waals surface area contributed by atoms with Crippen LogP contribution >= 0.6 is 0 Å². The zero-order chi connectivity index (χ0) is 17.8. The number of aromatic nitrogens is 1. The van der Waals surface area contributed by atoms with Crippen molar-refractivity contribution < 1.29 is 4.74 Å². The maximum absolute atomic E-state index is 6.25. The van der Waals surface area contributed by atoms with E-state index >= 15 is 0 Å². The number of fused-ring (bicyclic) bond motifs is 1. The van der Waals surface area contributed by atoms with Crippen molar-refractivity contribution in [2.45, 2.75) is 38.8 Å². The lowest BCUT2D eigenvalue weighted by molar-refractivity contribution is 0.0969. The fourth-order valence-electron chi connectivity index (χ4n) is 3.65. The first kappa shape index (κ1) is 17.0. The van der Waals surface area contributed by atoms with Crippen molar-refractivity contribution in [1.29, 1.82) is 0 Å². The van der Waals surface area contributed by atoms with Crippen molar-refractivity contribution in [2.24, 2.45) is 0 Å². The predicted molar refractivity (Wildman–Crippen MR) is 106 cm³/mol. The molecule has 0 radical (unpaired) electrons. The third-order valence-corrected chi connectivity index (χ3v) is 5.29. The van der Waals surface area contributed by atoms with E-state index in [2.05, 4.69) is 59.3 Å². The molecule has 1 aromatic heterocycles. The maximum Gasteiger partial charge on any atom is 0.120 e. The first-order valence-electron chi connectivity index (χ1n) is 9.61. The third-order valence-electron chi connectivity index (χ3n) is 5.29. The summed E-state index contributed by atoms with van der Waals surface area (Å²) in [5.74, 6) is 0.970. The van der Waals surface area contributed by atoms with Gasteiger partial charge in [0.05, 0.1) is 0 Å². The Bertz CT molecular complexity index is 851. The van der Waals surface area contributed by atoms with Crippen LogP contribution in [0.3, 0.4) is 0 Å². The molecule has 0 unspecified atom stereocenters. The normalized spacial score (nSPS) is 16.0. The minimum atomic E-state index is 0.313. The molecule has 0 N–H and O–H groups in total. The van der Waals surface area contributed by atoms with Gasteiger partial charge in [-0.2, -0.15) is 0 Å². The topological polar surface area (TPSA) is 25.4 Å². The molecular weight excluding hydrogens is 320 g/mol. The van der Waals surface area contributed by atoms with Crippen LogP contribution in [0.2, 0.25) is 0 Å². The molecule has 2 heterocycles. The van der Waals surface area contributed by atoms with Crippen LogP contribution in [0.25, 0.3) is 10.8 Å². The Morgan fingerprint density at radius 3 is 2.50 bits per heavy atom. The molecule has 0 spiro atoms. The van der Waals surface area contributed by atoms with E-state index in [1.165, 1.54) is 16.5 Å². The van der Waals surface area contributed by atoms with Gasteiger partial charge in [-0.05, 0) is 60.0 Å². The van der Waals surface area contributed by atoms with Gasteiger partial charge in [-0.25, -0.2) is 0 Å². The first-order valence-corrected chi connectivity index (χ1v) is 9.61. The minimum absolute atomic E-state index is 0.313. The molecule has 3 heteroatoms. The number of aryl methyl sites for hydroxylation is 1. The molecule has 1 saturated heterocycles. The molecule has 0 atom stereocenters. The lowest BCUT2D eigenvalue weighted by Crippen LogP contribution is -2.37. The van der Waals surface area contributed by atoms with Gasteiger partial charge in [0.1, 0.15) is 11.9 Å². The molecule has 0 aliphatic carbocycles. The van der Waals surface area contributed by atoms with E-state index in [1.807, 2.05) is 18.5 Å². The van der Waals surface area contributed by atoms with Gasteiger partial charge < -0.3 is 4.74 Å². The first-order chi connectivity index (χ1) is 12.8. The molecule has 1 fully saturated rings. The highest BCUT2D eigenvalue weighted by atomic mass is 16.5. The number of nitrogens with zero attached hydrogens (tertiary/aromatic N) is 2. The van der Waals surface area contributed by atoms with Crippen molar-refractivity contribution in [3.63, 3.8) is 0 Å². The molecule has 0 saturated carbocycles. The summed E-state index contributed by atoms with van der Waals surface area (Å²) in [5, 5.41) is 2.34. The summed E-state index contributed by atoms with van der Waals surface area (Å²) in [6.45, 7) is 5.43. The Kier molecular flexibility index (Phi) is 5.16. The summed E-state index contributed by atoms with van der Waals surface area (Å²) in [6, 6.07) is 17.4.